The number of benzene rings is 1. The van der Waals surface area contributed by atoms with Crippen molar-refractivity contribution in [2.75, 3.05) is 33.3 Å². The second-order valence-electron chi connectivity index (χ2n) is 6.76. The highest BCUT2D eigenvalue weighted by Gasteiger charge is 2.47. The summed E-state index contributed by atoms with van der Waals surface area (Å²) in [4.78, 5) is 29.3. The maximum absolute atomic E-state index is 12.9. The number of hydrogen-bond acceptors (Lipinski definition) is 6. The molecule has 1 fully saturated rings. The van der Waals surface area contributed by atoms with Crippen LogP contribution < -0.4 is 4.74 Å². The normalized spacial score (nSPS) is 18.6. The van der Waals surface area contributed by atoms with Gasteiger partial charge in [-0.05, 0) is 49.5 Å². The van der Waals surface area contributed by atoms with E-state index in [0.717, 1.165) is 13.1 Å². The highest BCUT2D eigenvalue weighted by molar-refractivity contribution is 6.46. The molecule has 1 aromatic heterocycles. The number of ketones is 1. The summed E-state index contributed by atoms with van der Waals surface area (Å²) in [6.07, 6.45) is 1.49. The minimum absolute atomic E-state index is 0.0367. The molecule has 3 rings (SSSR count). The first-order chi connectivity index (χ1) is 14.0. The zero-order chi connectivity index (χ0) is 21.0. The van der Waals surface area contributed by atoms with Crippen LogP contribution in [0.4, 0.5) is 0 Å². The topological polar surface area (TPSA) is 83.2 Å². The molecule has 1 aliphatic heterocycles. The van der Waals surface area contributed by atoms with Crippen molar-refractivity contribution in [1.82, 2.24) is 9.80 Å². The molecule has 2 aromatic rings. The van der Waals surface area contributed by atoms with E-state index < -0.39 is 17.7 Å². The average Bonchev–Trinajstić information content (AvgIpc) is 3.36. The minimum atomic E-state index is -0.761. The predicted molar refractivity (Wildman–Crippen MR) is 108 cm³/mol. The van der Waals surface area contributed by atoms with Crippen LogP contribution >= 0.6 is 0 Å². The van der Waals surface area contributed by atoms with Crippen molar-refractivity contribution < 1.29 is 23.8 Å². The Kier molecular flexibility index (Phi) is 6.39. The largest absolute Gasteiger partial charge is 0.507 e. The zero-order valence-corrected chi connectivity index (χ0v) is 16.9. The maximum atomic E-state index is 12.9. The molecule has 0 spiro atoms. The second-order valence-corrected chi connectivity index (χ2v) is 6.76. The lowest BCUT2D eigenvalue weighted by atomic mass is 9.99. The first-order valence-corrected chi connectivity index (χ1v) is 9.70. The molecule has 1 atom stereocenters. The molecule has 1 saturated heterocycles. The first-order valence-electron chi connectivity index (χ1n) is 9.70. The van der Waals surface area contributed by atoms with Gasteiger partial charge in [0.25, 0.3) is 11.7 Å². The van der Waals surface area contributed by atoms with Gasteiger partial charge in [-0.3, -0.25) is 9.59 Å². The lowest BCUT2D eigenvalue weighted by molar-refractivity contribution is -0.140. The average molecular weight is 398 g/mol. The van der Waals surface area contributed by atoms with E-state index in [4.69, 9.17) is 9.15 Å². The number of amides is 1. The van der Waals surface area contributed by atoms with Crippen molar-refractivity contribution in [3.63, 3.8) is 0 Å². The zero-order valence-electron chi connectivity index (χ0n) is 16.9. The summed E-state index contributed by atoms with van der Waals surface area (Å²) in [5.74, 6) is -0.492. The van der Waals surface area contributed by atoms with Crippen LogP contribution in [-0.4, -0.2) is 59.9 Å². The summed E-state index contributed by atoms with van der Waals surface area (Å²) < 4.78 is 10.7. The number of likely N-dealkylation sites (N-methyl/N-ethyl adjacent to an activating group) is 1. The number of carbonyl (C=O) groups excluding carboxylic acids is 2. The van der Waals surface area contributed by atoms with Crippen LogP contribution in [-0.2, 0) is 9.59 Å². The van der Waals surface area contributed by atoms with Gasteiger partial charge in [-0.1, -0.05) is 13.8 Å². The minimum Gasteiger partial charge on any atom is -0.507 e. The number of rotatable bonds is 8. The predicted octanol–water partition coefficient (Wildman–Crippen LogP) is 3.05. The fourth-order valence-corrected chi connectivity index (χ4v) is 3.55. The molecule has 0 unspecified atom stereocenters. The SMILES string of the molecule is CCN(CC)CCN1C(=O)C(=O)/C(=C(/O)c2ccc(OC)cc2)[C@H]1c1ccco1. The lowest BCUT2D eigenvalue weighted by Crippen LogP contribution is -2.37. The number of aliphatic hydroxyl groups is 1. The molecule has 7 nitrogen and oxygen atoms in total. The highest BCUT2D eigenvalue weighted by atomic mass is 16.5. The Morgan fingerprint density at radius 1 is 1.17 bits per heavy atom. The third kappa shape index (κ3) is 4.05. The molecular formula is C22H26N2O5. The van der Waals surface area contributed by atoms with Crippen molar-refractivity contribution in [3.8, 4) is 5.75 Å². The summed E-state index contributed by atoms with van der Waals surface area (Å²) in [5.41, 5.74) is 0.471. The summed E-state index contributed by atoms with van der Waals surface area (Å²) in [7, 11) is 1.55. The molecule has 0 bridgehead atoms. The summed E-state index contributed by atoms with van der Waals surface area (Å²) >= 11 is 0. The van der Waals surface area contributed by atoms with Gasteiger partial charge in [-0.15, -0.1) is 0 Å². The number of Topliss-reactive ketones (excluding diaryl/α,β-unsaturated/α-hetero) is 1. The second kappa shape index (κ2) is 8.96. The van der Waals surface area contributed by atoms with Gasteiger partial charge in [0, 0.05) is 18.7 Å². The molecule has 154 valence electrons. The van der Waals surface area contributed by atoms with Crippen molar-refractivity contribution in [2.45, 2.75) is 19.9 Å². The number of aliphatic hydroxyl groups excluding tert-OH is 1. The number of hydrogen-bond donors (Lipinski definition) is 1. The molecule has 1 aliphatic rings. The third-order valence-corrected chi connectivity index (χ3v) is 5.27. The first kappa shape index (κ1) is 20.7. The number of likely N-dealkylation sites (tertiary alicyclic amines) is 1. The van der Waals surface area contributed by atoms with Gasteiger partial charge in [-0.25, -0.2) is 0 Å². The third-order valence-electron chi connectivity index (χ3n) is 5.27. The van der Waals surface area contributed by atoms with Crippen LogP contribution in [0.3, 0.4) is 0 Å². The van der Waals surface area contributed by atoms with Crippen LogP contribution in [0.1, 0.15) is 31.2 Å². The van der Waals surface area contributed by atoms with Crippen LogP contribution in [0.2, 0.25) is 0 Å². The van der Waals surface area contributed by atoms with E-state index >= 15 is 0 Å². The van der Waals surface area contributed by atoms with E-state index in [1.807, 2.05) is 13.8 Å². The number of methoxy groups -OCH3 is 1. The van der Waals surface area contributed by atoms with Crippen LogP contribution in [0.15, 0.2) is 52.7 Å². The molecule has 0 aliphatic carbocycles. The van der Waals surface area contributed by atoms with E-state index in [-0.39, 0.29) is 11.3 Å². The quantitative estimate of drug-likeness (QED) is 0.418. The molecule has 1 amide bonds. The van der Waals surface area contributed by atoms with Crippen molar-refractivity contribution >= 4 is 17.4 Å². The molecule has 2 heterocycles. The summed E-state index contributed by atoms with van der Waals surface area (Å²) in [6.45, 7) is 6.77. The van der Waals surface area contributed by atoms with E-state index in [1.54, 1.807) is 43.5 Å². The van der Waals surface area contributed by atoms with E-state index in [1.165, 1.54) is 11.2 Å². The van der Waals surface area contributed by atoms with Gasteiger partial charge in [0.15, 0.2) is 0 Å². The Morgan fingerprint density at radius 2 is 1.86 bits per heavy atom. The Bertz CT molecular complexity index is 882. The lowest BCUT2D eigenvalue weighted by Gasteiger charge is -2.26. The Labute approximate surface area is 170 Å². The molecule has 7 heteroatoms. The van der Waals surface area contributed by atoms with Gasteiger partial charge in [0.05, 0.1) is 18.9 Å². The molecule has 29 heavy (non-hydrogen) atoms. The van der Waals surface area contributed by atoms with E-state index in [0.29, 0.717) is 30.2 Å². The van der Waals surface area contributed by atoms with Gasteiger partial charge in [0.1, 0.15) is 23.3 Å². The van der Waals surface area contributed by atoms with Gasteiger partial charge in [-0.2, -0.15) is 0 Å². The monoisotopic (exact) mass is 398 g/mol. The fraction of sp³-hybridized carbons (Fsp3) is 0.364. The van der Waals surface area contributed by atoms with Gasteiger partial charge >= 0.3 is 0 Å². The Hall–Kier alpha value is -3.06. The molecule has 0 saturated carbocycles. The molecular weight excluding hydrogens is 372 g/mol. The fourth-order valence-electron chi connectivity index (χ4n) is 3.55. The van der Waals surface area contributed by atoms with Crippen molar-refractivity contribution in [3.05, 3.63) is 59.6 Å². The van der Waals surface area contributed by atoms with Gasteiger partial charge in [0.2, 0.25) is 0 Å². The van der Waals surface area contributed by atoms with Crippen LogP contribution in [0.5, 0.6) is 5.75 Å². The Morgan fingerprint density at radius 3 is 2.41 bits per heavy atom. The smallest absolute Gasteiger partial charge is 0.295 e. The number of carbonyl (C=O) groups is 2. The summed E-state index contributed by atoms with van der Waals surface area (Å²) in [6, 6.07) is 9.33. The Balaban J connectivity index is 2.02. The molecule has 1 N–H and O–H groups in total. The number of nitrogens with zero attached hydrogens (tertiary/aromatic N) is 2. The highest BCUT2D eigenvalue weighted by Crippen LogP contribution is 2.39. The van der Waals surface area contributed by atoms with Gasteiger partial charge < -0.3 is 24.1 Å². The van der Waals surface area contributed by atoms with E-state index in [2.05, 4.69) is 4.90 Å². The van der Waals surface area contributed by atoms with Crippen molar-refractivity contribution in [1.29, 1.82) is 0 Å². The van der Waals surface area contributed by atoms with E-state index in [9.17, 15) is 14.7 Å². The number of furan rings is 1. The molecule has 0 radical (unpaired) electrons. The van der Waals surface area contributed by atoms with Crippen LogP contribution in [0, 0.1) is 0 Å². The maximum Gasteiger partial charge on any atom is 0.295 e. The van der Waals surface area contributed by atoms with Crippen LogP contribution in [0.25, 0.3) is 5.76 Å². The summed E-state index contributed by atoms with van der Waals surface area (Å²) in [5, 5.41) is 10.9. The van der Waals surface area contributed by atoms with Crippen molar-refractivity contribution in [2.24, 2.45) is 0 Å². The molecule has 1 aromatic carbocycles. The number of ether oxygens (including phenoxy) is 1. The standard InChI is InChI=1S/C22H26N2O5/c1-4-23(5-2)12-13-24-19(17-7-6-14-29-17)18(21(26)22(24)27)20(25)15-8-10-16(28-3)11-9-15/h6-11,14,19,25H,4-5,12-13H2,1-3H3/b20-18+/t19-/m1/s1.